The van der Waals surface area contributed by atoms with E-state index in [1.165, 1.54) is 17.0 Å². The van der Waals surface area contributed by atoms with Gasteiger partial charge in [-0.05, 0) is 24.5 Å². The number of hydrogen-bond acceptors (Lipinski definition) is 4. The van der Waals surface area contributed by atoms with Crippen LogP contribution in [-0.4, -0.2) is 57.1 Å². The molecule has 2 saturated heterocycles. The highest BCUT2D eigenvalue weighted by atomic mass is 19.4. The lowest BCUT2D eigenvalue weighted by Crippen LogP contribution is -2.62. The molecule has 1 aromatic heterocycles. The Morgan fingerprint density at radius 1 is 1.22 bits per heavy atom. The van der Waals surface area contributed by atoms with E-state index in [0.29, 0.717) is 4.68 Å². The molecule has 0 aliphatic carbocycles. The Labute approximate surface area is 181 Å². The van der Waals surface area contributed by atoms with Gasteiger partial charge in [-0.1, -0.05) is 32.0 Å². The van der Waals surface area contributed by atoms with Gasteiger partial charge in [0.25, 0.3) is 5.91 Å². The molecule has 2 N–H and O–H groups in total. The average molecular weight is 449 g/mol. The second-order valence-electron chi connectivity index (χ2n) is 8.29. The third-order valence-corrected chi connectivity index (χ3v) is 5.74. The number of benzene rings is 1. The number of rotatable bonds is 4. The third kappa shape index (κ3) is 3.82. The first kappa shape index (κ1) is 21.8. The summed E-state index contributed by atoms with van der Waals surface area (Å²) in [6.45, 7) is 3.67. The average Bonchev–Trinajstić information content (AvgIpc) is 3.36. The molecule has 0 bridgehead atoms. The molecule has 2 aliphatic rings. The van der Waals surface area contributed by atoms with Crippen molar-refractivity contribution in [2.24, 2.45) is 5.92 Å². The van der Waals surface area contributed by atoms with Crippen LogP contribution in [0.3, 0.4) is 0 Å². The number of alkyl halides is 3. The predicted octanol–water partition coefficient (Wildman–Crippen LogP) is 1.74. The Morgan fingerprint density at radius 3 is 2.53 bits per heavy atom. The Hall–Kier alpha value is -3.37. The van der Waals surface area contributed by atoms with E-state index in [-0.39, 0.29) is 36.4 Å². The fourth-order valence-electron chi connectivity index (χ4n) is 4.19. The van der Waals surface area contributed by atoms with Crippen LogP contribution in [0, 0.1) is 5.92 Å². The number of aromatic nitrogens is 2. The van der Waals surface area contributed by atoms with Crippen molar-refractivity contribution in [3.8, 4) is 5.69 Å². The number of carbonyl (C=O) groups is 3. The number of carbonyl (C=O) groups excluding carboxylic acids is 3. The van der Waals surface area contributed by atoms with E-state index in [2.05, 4.69) is 15.7 Å². The number of piperazine rings is 1. The van der Waals surface area contributed by atoms with Crippen LogP contribution in [0.1, 0.15) is 36.3 Å². The van der Waals surface area contributed by atoms with Crippen molar-refractivity contribution in [3.05, 3.63) is 47.8 Å². The number of hydrogen-bond donors (Lipinski definition) is 2. The molecule has 2 aliphatic heterocycles. The molecule has 1 aromatic carbocycles. The molecule has 170 valence electrons. The van der Waals surface area contributed by atoms with E-state index in [1.54, 1.807) is 18.2 Å². The van der Waals surface area contributed by atoms with Crippen LogP contribution in [0.5, 0.6) is 0 Å². The lowest BCUT2D eigenvalue weighted by Gasteiger charge is -2.36. The number of para-hydroxylation sites is 1. The summed E-state index contributed by atoms with van der Waals surface area (Å²) in [5.41, 5.74) is -1.65. The summed E-state index contributed by atoms with van der Waals surface area (Å²) in [5, 5.41) is 9.02. The number of amides is 3. The first-order valence-corrected chi connectivity index (χ1v) is 10.2. The van der Waals surface area contributed by atoms with E-state index in [9.17, 15) is 27.6 Å². The Kier molecular flexibility index (Phi) is 5.43. The topological polar surface area (TPSA) is 96.3 Å². The van der Waals surface area contributed by atoms with Gasteiger partial charge in [-0.3, -0.25) is 14.4 Å². The van der Waals surface area contributed by atoms with Crippen molar-refractivity contribution in [2.45, 2.75) is 44.6 Å². The smallest absolute Gasteiger partial charge is 0.347 e. The van der Waals surface area contributed by atoms with Crippen molar-refractivity contribution in [3.63, 3.8) is 0 Å². The molecule has 0 spiro atoms. The van der Waals surface area contributed by atoms with Gasteiger partial charge in [-0.25, -0.2) is 4.68 Å². The first-order valence-electron chi connectivity index (χ1n) is 10.2. The predicted molar refractivity (Wildman–Crippen MR) is 107 cm³/mol. The summed E-state index contributed by atoms with van der Waals surface area (Å²) in [4.78, 5) is 39.3. The minimum atomic E-state index is -4.83. The highest BCUT2D eigenvalue weighted by molar-refractivity contribution is 5.98. The lowest BCUT2D eigenvalue weighted by molar-refractivity contribution is -0.148. The molecule has 8 nitrogen and oxygen atoms in total. The summed E-state index contributed by atoms with van der Waals surface area (Å²) in [6, 6.07) is 5.63. The van der Waals surface area contributed by atoms with Crippen LogP contribution in [-0.2, 0) is 15.8 Å². The maximum Gasteiger partial charge on any atom is 0.434 e. The minimum absolute atomic E-state index is 0.0556. The number of nitrogens with zero attached hydrogens (tertiary/aromatic N) is 3. The molecule has 3 atom stereocenters. The third-order valence-electron chi connectivity index (χ3n) is 5.74. The van der Waals surface area contributed by atoms with Gasteiger partial charge >= 0.3 is 6.18 Å². The maximum atomic E-state index is 13.8. The molecular formula is C21H22F3N5O3. The molecule has 2 aromatic rings. The van der Waals surface area contributed by atoms with Gasteiger partial charge in [0, 0.05) is 12.6 Å². The summed E-state index contributed by atoms with van der Waals surface area (Å²) in [5.74, 6) is -1.65. The van der Waals surface area contributed by atoms with E-state index in [0.717, 1.165) is 6.20 Å². The van der Waals surface area contributed by atoms with Crippen molar-refractivity contribution in [1.82, 2.24) is 25.3 Å². The van der Waals surface area contributed by atoms with Crippen molar-refractivity contribution < 1.29 is 27.6 Å². The van der Waals surface area contributed by atoms with Gasteiger partial charge in [-0.2, -0.15) is 18.3 Å². The lowest BCUT2D eigenvalue weighted by atomic mass is 9.98. The molecular weight excluding hydrogens is 427 g/mol. The molecule has 2 fully saturated rings. The largest absolute Gasteiger partial charge is 0.434 e. The van der Waals surface area contributed by atoms with Crippen LogP contribution in [0.25, 0.3) is 5.69 Å². The van der Waals surface area contributed by atoms with Crippen LogP contribution >= 0.6 is 0 Å². The minimum Gasteiger partial charge on any atom is -0.347 e. The summed E-state index contributed by atoms with van der Waals surface area (Å²) >= 11 is 0. The van der Waals surface area contributed by atoms with E-state index in [4.69, 9.17) is 0 Å². The molecule has 0 unspecified atom stereocenters. The van der Waals surface area contributed by atoms with Crippen molar-refractivity contribution >= 4 is 17.7 Å². The molecule has 3 heterocycles. The van der Waals surface area contributed by atoms with Crippen LogP contribution < -0.4 is 10.6 Å². The van der Waals surface area contributed by atoms with Crippen LogP contribution in [0.2, 0.25) is 0 Å². The summed E-state index contributed by atoms with van der Waals surface area (Å²) in [7, 11) is 0. The number of fused-ring (bicyclic) bond motifs is 1. The molecule has 0 saturated carbocycles. The quantitative estimate of drug-likeness (QED) is 0.743. The van der Waals surface area contributed by atoms with Gasteiger partial charge in [0.05, 0.1) is 17.4 Å². The number of halogens is 3. The first-order chi connectivity index (χ1) is 15.1. The van der Waals surface area contributed by atoms with E-state index >= 15 is 0 Å². The zero-order chi connectivity index (χ0) is 23.2. The molecule has 3 amide bonds. The number of nitrogens with one attached hydrogen (secondary N) is 2. The second kappa shape index (κ2) is 7.95. The molecule has 4 rings (SSSR count). The van der Waals surface area contributed by atoms with E-state index < -0.39 is 41.5 Å². The summed E-state index contributed by atoms with van der Waals surface area (Å²) in [6.07, 6.45) is -3.82. The fourth-order valence-corrected chi connectivity index (χ4v) is 4.19. The van der Waals surface area contributed by atoms with Gasteiger partial charge in [0.2, 0.25) is 11.8 Å². The highest BCUT2D eigenvalue weighted by Crippen LogP contribution is 2.34. The van der Waals surface area contributed by atoms with Gasteiger partial charge in [-0.15, -0.1) is 0 Å². The Balaban J connectivity index is 1.56. The standard InChI is InChI=1S/C21H22F3N5O3/c1-11(2)16-20(32)28-10-12(8-15(28)19(31)27-16)26-18(30)14-9-25-29(17(14)21(22,23)24)13-6-4-3-5-7-13/h3-7,9,11-12,15-16H,8,10H2,1-2H3,(H,26,30)(H,27,31)/t12-,15-,16-/m0/s1. The molecule has 0 radical (unpaired) electrons. The van der Waals surface area contributed by atoms with Crippen LogP contribution in [0.15, 0.2) is 36.5 Å². The maximum absolute atomic E-state index is 13.8. The molecule has 11 heteroatoms. The SMILES string of the molecule is CC(C)[C@@H]1NC(=O)[C@@H]2C[C@H](NC(=O)c3cnn(-c4ccccc4)c3C(F)(F)F)CN2C1=O. The van der Waals surface area contributed by atoms with Crippen molar-refractivity contribution in [2.75, 3.05) is 6.54 Å². The van der Waals surface area contributed by atoms with E-state index in [1.807, 2.05) is 13.8 Å². The van der Waals surface area contributed by atoms with Gasteiger partial charge in [0.15, 0.2) is 5.69 Å². The zero-order valence-corrected chi connectivity index (χ0v) is 17.4. The second-order valence-corrected chi connectivity index (χ2v) is 8.29. The molecule has 32 heavy (non-hydrogen) atoms. The normalized spacial score (nSPS) is 23.3. The summed E-state index contributed by atoms with van der Waals surface area (Å²) < 4.78 is 42.1. The highest BCUT2D eigenvalue weighted by Gasteiger charge is 2.48. The Bertz CT molecular complexity index is 1050. The van der Waals surface area contributed by atoms with Gasteiger partial charge in [0.1, 0.15) is 12.1 Å². The van der Waals surface area contributed by atoms with Crippen LogP contribution in [0.4, 0.5) is 13.2 Å². The monoisotopic (exact) mass is 449 g/mol. The Morgan fingerprint density at radius 2 is 1.91 bits per heavy atom. The zero-order valence-electron chi connectivity index (χ0n) is 17.4. The fraction of sp³-hybridized carbons (Fsp3) is 0.429. The van der Waals surface area contributed by atoms with Crippen molar-refractivity contribution in [1.29, 1.82) is 0 Å². The van der Waals surface area contributed by atoms with Gasteiger partial charge < -0.3 is 15.5 Å².